The maximum Gasteiger partial charge on any atom is 0.325 e. The lowest BCUT2D eigenvalue weighted by Gasteiger charge is -2.27. The van der Waals surface area contributed by atoms with Crippen molar-refractivity contribution in [2.75, 3.05) is 0 Å². The van der Waals surface area contributed by atoms with Gasteiger partial charge in [-0.15, -0.1) is 0 Å². The van der Waals surface area contributed by atoms with E-state index < -0.39 is 0 Å². The first kappa shape index (κ1) is 10.1. The molecule has 13 heavy (non-hydrogen) atoms. The van der Waals surface area contributed by atoms with Gasteiger partial charge < -0.3 is 4.98 Å². The first-order valence-corrected chi connectivity index (χ1v) is 4.65. The van der Waals surface area contributed by atoms with Crippen LogP contribution in [0.2, 0.25) is 0 Å². The lowest BCUT2D eigenvalue weighted by molar-refractivity contribution is 0.231. The van der Waals surface area contributed by atoms with E-state index in [1.807, 2.05) is 0 Å². The molecule has 0 aliphatic carbocycles. The highest BCUT2D eigenvalue weighted by Crippen LogP contribution is 2.25. The predicted octanol–water partition coefficient (Wildman–Crippen LogP) is 1.86. The number of H-pyrrole nitrogens is 1. The van der Waals surface area contributed by atoms with E-state index >= 15 is 0 Å². The summed E-state index contributed by atoms with van der Waals surface area (Å²) < 4.78 is 1.72. The summed E-state index contributed by atoms with van der Waals surface area (Å²) in [4.78, 5) is 13.8. The maximum atomic E-state index is 11.2. The van der Waals surface area contributed by atoms with Crippen molar-refractivity contribution in [3.63, 3.8) is 0 Å². The van der Waals surface area contributed by atoms with Crippen LogP contribution in [-0.2, 0) is 6.54 Å². The highest BCUT2D eigenvalue weighted by atomic mass is 16.1. The molecule has 1 atom stereocenters. The molecule has 1 rings (SSSR count). The molecule has 0 radical (unpaired) electrons. The summed E-state index contributed by atoms with van der Waals surface area (Å²) in [5.74, 6) is 0.487. The zero-order valence-corrected chi connectivity index (χ0v) is 8.79. The van der Waals surface area contributed by atoms with Crippen molar-refractivity contribution in [2.24, 2.45) is 11.3 Å². The largest absolute Gasteiger partial charge is 0.325 e. The lowest BCUT2D eigenvalue weighted by atomic mass is 9.82. The molecule has 0 amide bonds. The molecule has 1 aromatic heterocycles. The molecule has 0 bridgehead atoms. The van der Waals surface area contributed by atoms with Gasteiger partial charge in [-0.2, -0.15) is 0 Å². The SMILES string of the molecule is CC(Cn1cc[nH]c1=O)C(C)(C)C. The first-order valence-electron chi connectivity index (χ1n) is 4.65. The van der Waals surface area contributed by atoms with Crippen LogP contribution in [0.5, 0.6) is 0 Å². The molecule has 0 spiro atoms. The zero-order valence-electron chi connectivity index (χ0n) is 8.79. The van der Waals surface area contributed by atoms with Gasteiger partial charge in [-0.25, -0.2) is 4.79 Å². The van der Waals surface area contributed by atoms with Crippen LogP contribution in [-0.4, -0.2) is 9.55 Å². The van der Waals surface area contributed by atoms with Crippen molar-refractivity contribution in [3.8, 4) is 0 Å². The summed E-state index contributed by atoms with van der Waals surface area (Å²) >= 11 is 0. The highest BCUT2D eigenvalue weighted by molar-refractivity contribution is 4.79. The molecule has 0 aromatic carbocycles. The van der Waals surface area contributed by atoms with Crippen LogP contribution in [0.4, 0.5) is 0 Å². The molecular weight excluding hydrogens is 164 g/mol. The van der Waals surface area contributed by atoms with Gasteiger partial charge in [-0.1, -0.05) is 27.7 Å². The molecule has 3 nitrogen and oxygen atoms in total. The third-order valence-electron chi connectivity index (χ3n) is 2.67. The second-order valence-corrected chi connectivity index (χ2v) is 4.68. The normalized spacial score (nSPS) is 14.5. The Morgan fingerprint density at radius 2 is 2.15 bits per heavy atom. The standard InChI is InChI=1S/C10H18N2O/c1-8(10(2,3)4)7-12-6-5-11-9(12)13/h5-6,8H,7H2,1-4H3,(H,11,13). The molecule has 0 saturated heterocycles. The fourth-order valence-corrected chi connectivity index (χ4v) is 1.06. The zero-order chi connectivity index (χ0) is 10.1. The predicted molar refractivity (Wildman–Crippen MR) is 53.7 cm³/mol. The van der Waals surface area contributed by atoms with Gasteiger partial charge in [0.1, 0.15) is 0 Å². The molecule has 0 aliphatic rings. The van der Waals surface area contributed by atoms with E-state index in [9.17, 15) is 4.79 Å². The topological polar surface area (TPSA) is 37.8 Å². The van der Waals surface area contributed by atoms with Gasteiger partial charge in [0.15, 0.2) is 0 Å². The summed E-state index contributed by atoms with van der Waals surface area (Å²) in [5.41, 5.74) is 0.229. The monoisotopic (exact) mass is 182 g/mol. The molecule has 0 saturated carbocycles. The van der Waals surface area contributed by atoms with Crippen LogP contribution in [0.1, 0.15) is 27.7 Å². The van der Waals surface area contributed by atoms with Crippen LogP contribution < -0.4 is 5.69 Å². The molecule has 74 valence electrons. The minimum atomic E-state index is -0.0175. The van der Waals surface area contributed by atoms with Gasteiger partial charge in [0.25, 0.3) is 0 Å². The number of rotatable bonds is 2. The van der Waals surface area contributed by atoms with Crippen LogP contribution in [0, 0.1) is 11.3 Å². The maximum absolute atomic E-state index is 11.2. The number of aromatic nitrogens is 2. The van der Waals surface area contributed by atoms with Crippen molar-refractivity contribution in [3.05, 3.63) is 22.9 Å². The summed E-state index contributed by atoms with van der Waals surface area (Å²) in [6.45, 7) is 9.52. The minimum Gasteiger partial charge on any atom is -0.313 e. The Hall–Kier alpha value is -0.990. The summed E-state index contributed by atoms with van der Waals surface area (Å²) in [5, 5.41) is 0. The summed E-state index contributed by atoms with van der Waals surface area (Å²) in [7, 11) is 0. The summed E-state index contributed by atoms with van der Waals surface area (Å²) in [6, 6.07) is 0. The van der Waals surface area contributed by atoms with Gasteiger partial charge in [-0.3, -0.25) is 4.57 Å². The van der Waals surface area contributed by atoms with E-state index in [1.54, 1.807) is 17.0 Å². The third kappa shape index (κ3) is 2.47. The van der Waals surface area contributed by atoms with Crippen LogP contribution in [0.3, 0.4) is 0 Å². The van der Waals surface area contributed by atoms with E-state index in [4.69, 9.17) is 0 Å². The number of imidazole rings is 1. The Bertz CT molecular complexity index is 316. The highest BCUT2D eigenvalue weighted by Gasteiger charge is 2.20. The fourth-order valence-electron chi connectivity index (χ4n) is 1.06. The van der Waals surface area contributed by atoms with Gasteiger partial charge in [0, 0.05) is 18.9 Å². The second kappa shape index (κ2) is 3.40. The first-order chi connectivity index (χ1) is 5.91. The Balaban J connectivity index is 2.71. The molecular formula is C10H18N2O. The van der Waals surface area contributed by atoms with Gasteiger partial charge in [0.05, 0.1) is 0 Å². The Morgan fingerprint density at radius 3 is 2.54 bits per heavy atom. The quantitative estimate of drug-likeness (QED) is 0.744. The average molecular weight is 182 g/mol. The smallest absolute Gasteiger partial charge is 0.313 e. The second-order valence-electron chi connectivity index (χ2n) is 4.68. The van der Waals surface area contributed by atoms with Crippen LogP contribution in [0.15, 0.2) is 17.2 Å². The average Bonchev–Trinajstić information content (AvgIpc) is 2.34. The van der Waals surface area contributed by atoms with Crippen molar-refractivity contribution < 1.29 is 0 Å². The fraction of sp³-hybridized carbons (Fsp3) is 0.700. The summed E-state index contributed by atoms with van der Waals surface area (Å²) in [6.07, 6.45) is 3.47. The molecule has 0 aliphatic heterocycles. The van der Waals surface area contributed by atoms with Gasteiger partial charge >= 0.3 is 5.69 Å². The molecule has 1 aromatic rings. The Labute approximate surface area is 78.8 Å². The molecule has 0 fully saturated rings. The Morgan fingerprint density at radius 1 is 1.54 bits per heavy atom. The van der Waals surface area contributed by atoms with E-state index in [2.05, 4.69) is 32.7 Å². The molecule has 1 heterocycles. The molecule has 3 heteroatoms. The van der Waals surface area contributed by atoms with E-state index in [1.165, 1.54) is 0 Å². The van der Waals surface area contributed by atoms with E-state index in [0.717, 1.165) is 6.54 Å². The minimum absolute atomic E-state index is 0.0175. The number of aromatic amines is 1. The van der Waals surface area contributed by atoms with Crippen molar-refractivity contribution >= 4 is 0 Å². The van der Waals surface area contributed by atoms with Gasteiger partial charge in [-0.05, 0) is 11.3 Å². The van der Waals surface area contributed by atoms with Crippen molar-refractivity contribution in [2.45, 2.75) is 34.2 Å². The van der Waals surface area contributed by atoms with E-state index in [-0.39, 0.29) is 11.1 Å². The molecule has 1 unspecified atom stereocenters. The van der Waals surface area contributed by atoms with Crippen molar-refractivity contribution in [1.82, 2.24) is 9.55 Å². The van der Waals surface area contributed by atoms with Gasteiger partial charge in [0.2, 0.25) is 0 Å². The third-order valence-corrected chi connectivity index (χ3v) is 2.67. The number of nitrogens with one attached hydrogen (secondary N) is 1. The van der Waals surface area contributed by atoms with Crippen molar-refractivity contribution in [1.29, 1.82) is 0 Å². The molecule has 1 N–H and O–H groups in total. The number of hydrogen-bond donors (Lipinski definition) is 1. The number of hydrogen-bond acceptors (Lipinski definition) is 1. The van der Waals surface area contributed by atoms with Crippen LogP contribution in [0.25, 0.3) is 0 Å². The van der Waals surface area contributed by atoms with Crippen LogP contribution >= 0.6 is 0 Å². The number of nitrogens with zero attached hydrogens (tertiary/aromatic N) is 1. The Kier molecular flexibility index (Phi) is 2.64. The lowest BCUT2D eigenvalue weighted by Crippen LogP contribution is -2.27. The van der Waals surface area contributed by atoms with E-state index in [0.29, 0.717) is 5.92 Å².